The van der Waals surface area contributed by atoms with Gasteiger partial charge in [0.2, 0.25) is 5.89 Å². The highest BCUT2D eigenvalue weighted by molar-refractivity contribution is 5.19. The maximum absolute atomic E-state index is 5.65. The molecule has 1 aromatic rings. The standard InChI is InChI=1S/C16H26N4O/c1-2-17-9-14-19-20-15(21-14)18-10-16-6-11-3-12(7-16)5-13(4-11)8-16/h11-13,17H,2-10H2,1H3,(H,18,20). The van der Waals surface area contributed by atoms with E-state index in [1.54, 1.807) is 0 Å². The summed E-state index contributed by atoms with van der Waals surface area (Å²) in [4.78, 5) is 0. The molecule has 4 saturated carbocycles. The number of nitrogens with one attached hydrogen (secondary N) is 2. The van der Waals surface area contributed by atoms with Gasteiger partial charge in [-0.25, -0.2) is 0 Å². The van der Waals surface area contributed by atoms with E-state index in [1.807, 2.05) is 0 Å². The largest absolute Gasteiger partial charge is 0.407 e. The van der Waals surface area contributed by atoms with Crippen molar-refractivity contribution in [3.8, 4) is 0 Å². The first-order valence-corrected chi connectivity index (χ1v) is 8.52. The van der Waals surface area contributed by atoms with E-state index >= 15 is 0 Å². The molecule has 0 saturated heterocycles. The van der Waals surface area contributed by atoms with Crippen molar-refractivity contribution in [2.24, 2.45) is 23.2 Å². The highest BCUT2D eigenvalue weighted by Crippen LogP contribution is 2.59. The molecule has 0 unspecified atom stereocenters. The molecule has 5 rings (SSSR count). The first-order chi connectivity index (χ1) is 10.2. The van der Waals surface area contributed by atoms with Gasteiger partial charge < -0.3 is 15.1 Å². The Morgan fingerprint density at radius 1 is 1.10 bits per heavy atom. The van der Waals surface area contributed by atoms with Gasteiger partial charge in [0, 0.05) is 6.54 Å². The first kappa shape index (κ1) is 13.6. The van der Waals surface area contributed by atoms with E-state index in [9.17, 15) is 0 Å². The second kappa shape index (κ2) is 5.27. The van der Waals surface area contributed by atoms with Crippen molar-refractivity contribution in [3.05, 3.63) is 5.89 Å². The van der Waals surface area contributed by atoms with E-state index in [0.29, 0.717) is 23.9 Å². The summed E-state index contributed by atoms with van der Waals surface area (Å²) in [5, 5.41) is 14.8. The Bertz CT molecular complexity index is 463. The van der Waals surface area contributed by atoms with Gasteiger partial charge >= 0.3 is 6.01 Å². The summed E-state index contributed by atoms with van der Waals surface area (Å²) in [6.45, 7) is 4.66. The molecule has 4 bridgehead atoms. The van der Waals surface area contributed by atoms with E-state index in [4.69, 9.17) is 4.42 Å². The molecule has 0 atom stereocenters. The first-order valence-electron chi connectivity index (χ1n) is 8.52. The average molecular weight is 290 g/mol. The van der Waals surface area contributed by atoms with Crippen LogP contribution in [0.4, 0.5) is 6.01 Å². The van der Waals surface area contributed by atoms with E-state index < -0.39 is 0 Å². The Morgan fingerprint density at radius 3 is 2.38 bits per heavy atom. The van der Waals surface area contributed by atoms with Gasteiger partial charge in [0.1, 0.15) is 0 Å². The smallest absolute Gasteiger partial charge is 0.315 e. The molecular weight excluding hydrogens is 264 g/mol. The number of nitrogens with zero attached hydrogens (tertiary/aromatic N) is 2. The number of hydrogen-bond acceptors (Lipinski definition) is 5. The summed E-state index contributed by atoms with van der Waals surface area (Å²) in [5.41, 5.74) is 0.505. The molecule has 5 heteroatoms. The van der Waals surface area contributed by atoms with Crippen LogP contribution in [0, 0.1) is 23.2 Å². The maximum Gasteiger partial charge on any atom is 0.315 e. The third-order valence-corrected chi connectivity index (χ3v) is 5.77. The minimum atomic E-state index is 0.505. The molecular formula is C16H26N4O. The van der Waals surface area contributed by atoms with E-state index in [0.717, 1.165) is 30.8 Å². The van der Waals surface area contributed by atoms with Crippen LogP contribution in [-0.4, -0.2) is 23.3 Å². The lowest BCUT2D eigenvalue weighted by molar-refractivity contribution is -0.0446. The van der Waals surface area contributed by atoms with Crippen molar-refractivity contribution in [1.82, 2.24) is 15.5 Å². The number of anilines is 1. The summed E-state index contributed by atoms with van der Waals surface area (Å²) >= 11 is 0. The summed E-state index contributed by atoms with van der Waals surface area (Å²) < 4.78 is 5.65. The second-order valence-electron chi connectivity index (χ2n) is 7.55. The fraction of sp³-hybridized carbons (Fsp3) is 0.875. The SMILES string of the molecule is CCNCc1nnc(NCC23CC4CC(CC(C4)C2)C3)o1. The molecule has 1 aromatic heterocycles. The lowest BCUT2D eigenvalue weighted by atomic mass is 9.49. The van der Waals surface area contributed by atoms with Crippen LogP contribution < -0.4 is 10.6 Å². The van der Waals surface area contributed by atoms with Crippen molar-refractivity contribution >= 4 is 6.01 Å². The van der Waals surface area contributed by atoms with Crippen molar-refractivity contribution in [1.29, 1.82) is 0 Å². The van der Waals surface area contributed by atoms with Crippen LogP contribution in [0.3, 0.4) is 0 Å². The van der Waals surface area contributed by atoms with E-state index in [-0.39, 0.29) is 0 Å². The van der Waals surface area contributed by atoms with Crippen LogP contribution in [0.2, 0.25) is 0 Å². The summed E-state index contributed by atoms with van der Waals surface area (Å²) in [6, 6.07) is 0.596. The van der Waals surface area contributed by atoms with Gasteiger partial charge in [-0.05, 0) is 68.2 Å². The van der Waals surface area contributed by atoms with E-state index in [2.05, 4.69) is 27.8 Å². The molecule has 0 spiro atoms. The Morgan fingerprint density at radius 2 is 1.76 bits per heavy atom. The van der Waals surface area contributed by atoms with Crippen LogP contribution >= 0.6 is 0 Å². The van der Waals surface area contributed by atoms with Gasteiger partial charge in [0.05, 0.1) is 6.54 Å². The highest BCUT2D eigenvalue weighted by Gasteiger charge is 2.50. The second-order valence-corrected chi connectivity index (χ2v) is 7.55. The fourth-order valence-electron chi connectivity index (χ4n) is 5.40. The maximum atomic E-state index is 5.65. The molecule has 5 nitrogen and oxygen atoms in total. The van der Waals surface area contributed by atoms with Gasteiger partial charge in [-0.1, -0.05) is 12.0 Å². The van der Waals surface area contributed by atoms with Crippen LogP contribution in [0.25, 0.3) is 0 Å². The molecule has 4 fully saturated rings. The Balaban J connectivity index is 1.37. The van der Waals surface area contributed by atoms with Crippen molar-refractivity contribution in [2.45, 2.75) is 52.0 Å². The number of rotatable bonds is 6. The minimum Gasteiger partial charge on any atom is -0.407 e. The van der Waals surface area contributed by atoms with Gasteiger partial charge in [-0.3, -0.25) is 0 Å². The van der Waals surface area contributed by atoms with E-state index in [1.165, 1.54) is 38.5 Å². The lowest BCUT2D eigenvalue weighted by Crippen LogP contribution is -2.49. The predicted octanol–water partition coefficient (Wildman–Crippen LogP) is 2.81. The van der Waals surface area contributed by atoms with Gasteiger partial charge in [0.15, 0.2) is 0 Å². The lowest BCUT2D eigenvalue weighted by Gasteiger charge is -2.56. The van der Waals surface area contributed by atoms with Gasteiger partial charge in [-0.15, -0.1) is 5.10 Å². The molecule has 0 aliphatic heterocycles. The van der Waals surface area contributed by atoms with Crippen LogP contribution in [0.1, 0.15) is 51.3 Å². The molecule has 1 heterocycles. The normalized spacial score (nSPS) is 37.1. The number of aromatic nitrogens is 2. The zero-order valence-corrected chi connectivity index (χ0v) is 12.9. The van der Waals surface area contributed by atoms with Crippen LogP contribution in [0.5, 0.6) is 0 Å². The molecule has 116 valence electrons. The minimum absolute atomic E-state index is 0.505. The third kappa shape index (κ3) is 2.68. The quantitative estimate of drug-likeness (QED) is 0.843. The van der Waals surface area contributed by atoms with Crippen LogP contribution in [-0.2, 0) is 6.54 Å². The monoisotopic (exact) mass is 290 g/mol. The Labute approximate surface area is 126 Å². The fourth-order valence-corrected chi connectivity index (χ4v) is 5.40. The van der Waals surface area contributed by atoms with Gasteiger partial charge in [-0.2, -0.15) is 0 Å². The van der Waals surface area contributed by atoms with Crippen molar-refractivity contribution in [2.75, 3.05) is 18.4 Å². The summed E-state index contributed by atoms with van der Waals surface area (Å²) in [7, 11) is 0. The number of hydrogen-bond donors (Lipinski definition) is 2. The van der Waals surface area contributed by atoms with Gasteiger partial charge in [0.25, 0.3) is 0 Å². The summed E-state index contributed by atoms with van der Waals surface area (Å²) in [5.74, 6) is 3.64. The highest BCUT2D eigenvalue weighted by atomic mass is 16.4. The molecule has 0 radical (unpaired) electrons. The average Bonchev–Trinajstić information content (AvgIpc) is 2.90. The zero-order valence-electron chi connectivity index (χ0n) is 12.9. The topological polar surface area (TPSA) is 63.0 Å². The molecule has 4 aliphatic carbocycles. The molecule has 0 aromatic carbocycles. The van der Waals surface area contributed by atoms with Crippen molar-refractivity contribution in [3.63, 3.8) is 0 Å². The molecule has 2 N–H and O–H groups in total. The molecule has 4 aliphatic rings. The van der Waals surface area contributed by atoms with Crippen LogP contribution in [0.15, 0.2) is 4.42 Å². The molecule has 21 heavy (non-hydrogen) atoms. The predicted molar refractivity (Wildman–Crippen MR) is 80.8 cm³/mol. The Hall–Kier alpha value is -1.10. The third-order valence-electron chi connectivity index (χ3n) is 5.77. The molecule has 0 amide bonds. The summed E-state index contributed by atoms with van der Waals surface area (Å²) in [6.07, 6.45) is 8.70. The van der Waals surface area contributed by atoms with Crippen molar-refractivity contribution < 1.29 is 4.42 Å². The Kier molecular flexibility index (Phi) is 3.40. The zero-order chi connectivity index (χ0) is 14.3.